The third-order valence-corrected chi connectivity index (χ3v) is 1.36. The molecule has 0 saturated carbocycles. The van der Waals surface area contributed by atoms with Crippen LogP contribution in [0.3, 0.4) is 0 Å². The molecule has 1 unspecified atom stereocenters. The summed E-state index contributed by atoms with van der Waals surface area (Å²) in [5.41, 5.74) is 2.69. The van der Waals surface area contributed by atoms with E-state index in [2.05, 4.69) is 6.58 Å². The number of alkyl halides is 6. The standard InChI is InChI=1S/C7H8F6N2O/c1-2-4(3-6(8,9)10)14-15-5(16)7(11,12)13/h2,4,14H,1,3H2,(H,15,16). The van der Waals surface area contributed by atoms with Crippen LogP contribution >= 0.6 is 0 Å². The third kappa shape index (κ3) is 6.27. The average Bonchev–Trinajstić information content (AvgIpc) is 2.08. The highest BCUT2D eigenvalue weighted by Gasteiger charge is 2.39. The monoisotopic (exact) mass is 250 g/mol. The molecule has 0 rings (SSSR count). The number of nitrogens with one attached hydrogen (secondary N) is 2. The van der Waals surface area contributed by atoms with E-state index in [1.54, 1.807) is 5.43 Å². The number of carbonyl (C=O) groups excluding carboxylic acids is 1. The minimum absolute atomic E-state index is 0.740. The molecule has 1 atom stereocenters. The molecule has 0 saturated heterocycles. The van der Waals surface area contributed by atoms with Crippen molar-refractivity contribution in [3.05, 3.63) is 12.7 Å². The fraction of sp³-hybridized carbons (Fsp3) is 0.571. The lowest BCUT2D eigenvalue weighted by Gasteiger charge is -2.17. The lowest BCUT2D eigenvalue weighted by atomic mass is 10.2. The molecule has 2 N–H and O–H groups in total. The molecule has 94 valence electrons. The van der Waals surface area contributed by atoms with Gasteiger partial charge in [0.15, 0.2) is 0 Å². The van der Waals surface area contributed by atoms with Gasteiger partial charge in [0.05, 0.1) is 12.5 Å². The first-order valence-electron chi connectivity index (χ1n) is 3.88. The van der Waals surface area contributed by atoms with Crippen LogP contribution in [-0.4, -0.2) is 24.3 Å². The molecule has 0 aliphatic carbocycles. The highest BCUT2D eigenvalue weighted by atomic mass is 19.4. The summed E-state index contributed by atoms with van der Waals surface area (Å²) in [6.07, 6.45) is -10.4. The summed E-state index contributed by atoms with van der Waals surface area (Å²) in [6, 6.07) is -1.52. The van der Waals surface area contributed by atoms with Crippen molar-refractivity contribution in [3.8, 4) is 0 Å². The normalized spacial score (nSPS) is 14.4. The Kier molecular flexibility index (Phi) is 4.79. The third-order valence-electron chi connectivity index (χ3n) is 1.36. The van der Waals surface area contributed by atoms with Crippen molar-refractivity contribution in [1.29, 1.82) is 0 Å². The molecule has 0 bridgehead atoms. The topological polar surface area (TPSA) is 41.1 Å². The Morgan fingerprint density at radius 2 is 1.75 bits per heavy atom. The predicted molar refractivity (Wildman–Crippen MR) is 42.0 cm³/mol. The van der Waals surface area contributed by atoms with E-state index in [0.717, 1.165) is 11.5 Å². The fourth-order valence-corrected chi connectivity index (χ4v) is 0.672. The highest BCUT2D eigenvalue weighted by molar-refractivity contribution is 5.81. The van der Waals surface area contributed by atoms with Crippen molar-refractivity contribution in [3.63, 3.8) is 0 Å². The molecule has 0 aliphatic rings. The van der Waals surface area contributed by atoms with Gasteiger partial charge in [-0.3, -0.25) is 10.2 Å². The summed E-state index contributed by atoms with van der Waals surface area (Å²) in [5, 5.41) is 0. The molecule has 0 aromatic heterocycles. The van der Waals surface area contributed by atoms with Crippen LogP contribution in [0.4, 0.5) is 26.3 Å². The van der Waals surface area contributed by atoms with Crippen molar-refractivity contribution in [2.24, 2.45) is 0 Å². The number of hydrazine groups is 1. The van der Waals surface area contributed by atoms with Gasteiger partial charge >= 0.3 is 18.3 Å². The summed E-state index contributed by atoms with van der Waals surface area (Å²) in [4.78, 5) is 10.2. The maximum Gasteiger partial charge on any atom is 0.472 e. The van der Waals surface area contributed by atoms with E-state index in [9.17, 15) is 31.1 Å². The number of hydrogen-bond acceptors (Lipinski definition) is 2. The van der Waals surface area contributed by atoms with Crippen molar-refractivity contribution in [2.45, 2.75) is 24.8 Å². The van der Waals surface area contributed by atoms with E-state index < -0.39 is 30.7 Å². The van der Waals surface area contributed by atoms with Crippen LogP contribution in [0.5, 0.6) is 0 Å². The van der Waals surface area contributed by atoms with E-state index >= 15 is 0 Å². The molecule has 0 fully saturated rings. The second-order valence-electron chi connectivity index (χ2n) is 2.76. The Bertz CT molecular complexity index is 259. The van der Waals surface area contributed by atoms with E-state index in [1.807, 2.05) is 0 Å². The van der Waals surface area contributed by atoms with E-state index in [-0.39, 0.29) is 0 Å². The first kappa shape index (κ1) is 14.8. The minimum atomic E-state index is -5.16. The lowest BCUT2D eigenvalue weighted by molar-refractivity contribution is -0.175. The molecular formula is C7H8F6N2O. The molecule has 9 heteroatoms. The Morgan fingerprint density at radius 1 is 1.25 bits per heavy atom. The molecule has 0 aromatic carbocycles. The quantitative estimate of drug-likeness (QED) is 0.452. The van der Waals surface area contributed by atoms with Crippen molar-refractivity contribution >= 4 is 5.91 Å². The lowest BCUT2D eigenvalue weighted by Crippen LogP contribution is -2.49. The van der Waals surface area contributed by atoms with Crippen LogP contribution in [0.1, 0.15) is 6.42 Å². The van der Waals surface area contributed by atoms with E-state index in [4.69, 9.17) is 0 Å². The number of carbonyl (C=O) groups is 1. The Labute approximate surface area is 86.5 Å². The Hall–Kier alpha value is -1.25. The fourth-order valence-electron chi connectivity index (χ4n) is 0.672. The second kappa shape index (κ2) is 5.19. The van der Waals surface area contributed by atoms with E-state index in [1.165, 1.54) is 0 Å². The molecule has 0 spiro atoms. The van der Waals surface area contributed by atoms with Gasteiger partial charge in [-0.2, -0.15) is 26.3 Å². The van der Waals surface area contributed by atoms with Gasteiger partial charge in [0.2, 0.25) is 0 Å². The van der Waals surface area contributed by atoms with Gasteiger partial charge in [-0.15, -0.1) is 6.58 Å². The van der Waals surface area contributed by atoms with Gasteiger partial charge in [-0.05, 0) is 0 Å². The zero-order chi connectivity index (χ0) is 13.0. The van der Waals surface area contributed by atoms with Crippen LogP contribution in [0.25, 0.3) is 0 Å². The van der Waals surface area contributed by atoms with E-state index in [0.29, 0.717) is 0 Å². The average molecular weight is 250 g/mol. The van der Waals surface area contributed by atoms with Crippen LogP contribution in [0, 0.1) is 0 Å². The zero-order valence-electron chi connectivity index (χ0n) is 7.74. The minimum Gasteiger partial charge on any atom is -0.283 e. The molecule has 0 aliphatic heterocycles. The first-order chi connectivity index (χ1) is 7.06. The van der Waals surface area contributed by atoms with Gasteiger partial charge in [-0.25, -0.2) is 5.43 Å². The summed E-state index contributed by atoms with van der Waals surface area (Å²) in [7, 11) is 0. The number of rotatable bonds is 4. The first-order valence-corrected chi connectivity index (χ1v) is 3.88. The second-order valence-corrected chi connectivity index (χ2v) is 2.76. The maximum atomic E-state index is 11.8. The van der Waals surface area contributed by atoms with Gasteiger partial charge in [-0.1, -0.05) is 6.08 Å². The zero-order valence-corrected chi connectivity index (χ0v) is 7.74. The van der Waals surface area contributed by atoms with Gasteiger partial charge in [0.25, 0.3) is 0 Å². The SMILES string of the molecule is C=CC(CC(F)(F)F)NNC(=O)C(F)(F)F. The number of amides is 1. The smallest absolute Gasteiger partial charge is 0.283 e. The van der Waals surface area contributed by atoms with Crippen LogP contribution in [0.15, 0.2) is 12.7 Å². The molecule has 16 heavy (non-hydrogen) atoms. The predicted octanol–water partition coefficient (Wildman–Crippen LogP) is 1.68. The Balaban J connectivity index is 4.17. The van der Waals surface area contributed by atoms with Crippen LogP contribution < -0.4 is 10.9 Å². The summed E-state index contributed by atoms with van der Waals surface area (Å²) < 4.78 is 70.4. The summed E-state index contributed by atoms with van der Waals surface area (Å²) in [6.45, 7) is 2.99. The van der Waals surface area contributed by atoms with Gasteiger partial charge in [0, 0.05) is 0 Å². The van der Waals surface area contributed by atoms with Crippen molar-refractivity contribution < 1.29 is 31.1 Å². The summed E-state index contributed by atoms with van der Waals surface area (Å²) >= 11 is 0. The largest absolute Gasteiger partial charge is 0.472 e. The van der Waals surface area contributed by atoms with Crippen molar-refractivity contribution in [2.75, 3.05) is 0 Å². The summed E-state index contributed by atoms with van der Waals surface area (Å²) in [5.74, 6) is -2.37. The highest BCUT2D eigenvalue weighted by Crippen LogP contribution is 2.21. The molecular weight excluding hydrogens is 242 g/mol. The van der Waals surface area contributed by atoms with Gasteiger partial charge in [0.1, 0.15) is 0 Å². The molecule has 1 amide bonds. The van der Waals surface area contributed by atoms with Crippen LogP contribution in [0.2, 0.25) is 0 Å². The van der Waals surface area contributed by atoms with Crippen molar-refractivity contribution in [1.82, 2.24) is 10.9 Å². The maximum absolute atomic E-state index is 11.8. The molecule has 0 radical (unpaired) electrons. The number of halogens is 6. The number of hydrogen-bond donors (Lipinski definition) is 2. The molecule has 0 aromatic rings. The van der Waals surface area contributed by atoms with Crippen LogP contribution in [-0.2, 0) is 4.79 Å². The van der Waals surface area contributed by atoms with Gasteiger partial charge < -0.3 is 0 Å². The Morgan fingerprint density at radius 3 is 2.06 bits per heavy atom. The molecule has 0 heterocycles. The molecule has 3 nitrogen and oxygen atoms in total.